The Morgan fingerprint density at radius 2 is 2.08 bits per heavy atom. The van der Waals surface area contributed by atoms with Crippen molar-refractivity contribution in [2.75, 3.05) is 11.9 Å². The van der Waals surface area contributed by atoms with E-state index in [0.717, 1.165) is 12.8 Å². The number of rotatable bonds is 5. The number of alkyl halides is 1. The third-order valence-electron chi connectivity index (χ3n) is 1.38. The maximum absolute atomic E-state index is 10.6. The van der Waals surface area contributed by atoms with Gasteiger partial charge in [0, 0.05) is 12.8 Å². The van der Waals surface area contributed by atoms with Crippen molar-refractivity contribution in [2.45, 2.75) is 32.6 Å². The predicted molar refractivity (Wildman–Crippen MR) is 56.7 cm³/mol. The average molecular weight is 247 g/mol. The second kappa shape index (κ2) is 9.60. The van der Waals surface area contributed by atoms with Crippen molar-refractivity contribution in [1.82, 2.24) is 0 Å². The summed E-state index contributed by atoms with van der Waals surface area (Å²) in [6.07, 6.45) is 3.91. The molecule has 74 valence electrons. The molecule has 0 bridgehead atoms. The standard InChI is InChI=1S/C10H15BrO2/c1-2-3-4-5-6-7-8-13-10(12)9-11/h2-4,7-9H2,1H3. The molecule has 0 spiro atoms. The van der Waals surface area contributed by atoms with Crippen LogP contribution in [0.3, 0.4) is 0 Å². The van der Waals surface area contributed by atoms with Gasteiger partial charge in [-0.05, 0) is 6.42 Å². The summed E-state index contributed by atoms with van der Waals surface area (Å²) in [4.78, 5) is 10.6. The number of unbranched alkanes of at least 4 members (excludes halogenated alkanes) is 2. The fourth-order valence-electron chi connectivity index (χ4n) is 0.696. The van der Waals surface area contributed by atoms with E-state index in [0.29, 0.717) is 13.0 Å². The van der Waals surface area contributed by atoms with Crippen molar-refractivity contribution < 1.29 is 9.53 Å². The summed E-state index contributed by atoms with van der Waals surface area (Å²) in [5.74, 6) is 5.76. The normalized spacial score (nSPS) is 8.77. The Hall–Kier alpha value is -0.490. The van der Waals surface area contributed by atoms with E-state index < -0.39 is 0 Å². The topological polar surface area (TPSA) is 26.3 Å². The summed E-state index contributed by atoms with van der Waals surface area (Å²) < 4.78 is 4.81. The van der Waals surface area contributed by atoms with Crippen molar-refractivity contribution in [2.24, 2.45) is 0 Å². The molecule has 0 rings (SSSR count). The fraction of sp³-hybridized carbons (Fsp3) is 0.700. The highest BCUT2D eigenvalue weighted by atomic mass is 79.9. The minimum atomic E-state index is -0.227. The first-order chi connectivity index (χ1) is 6.31. The molecule has 0 aliphatic carbocycles. The van der Waals surface area contributed by atoms with Crippen LogP contribution in [0, 0.1) is 11.8 Å². The molecule has 0 radical (unpaired) electrons. The molecular formula is C10H15BrO2. The van der Waals surface area contributed by atoms with E-state index in [1.54, 1.807) is 0 Å². The number of hydrogen-bond acceptors (Lipinski definition) is 2. The van der Waals surface area contributed by atoms with Crippen LogP contribution in [0.2, 0.25) is 0 Å². The molecule has 0 aliphatic rings. The number of esters is 1. The van der Waals surface area contributed by atoms with E-state index in [1.807, 2.05) is 0 Å². The van der Waals surface area contributed by atoms with Crippen molar-refractivity contribution in [3.8, 4) is 11.8 Å². The summed E-state index contributed by atoms with van der Waals surface area (Å²) in [6, 6.07) is 0. The van der Waals surface area contributed by atoms with Gasteiger partial charge in [0.1, 0.15) is 11.9 Å². The van der Waals surface area contributed by atoms with Crippen molar-refractivity contribution in [1.29, 1.82) is 0 Å². The molecular weight excluding hydrogens is 232 g/mol. The SMILES string of the molecule is CCCCC#CCCOC(=O)CBr. The fourth-order valence-corrected chi connectivity index (χ4v) is 0.858. The molecule has 0 unspecified atom stereocenters. The average Bonchev–Trinajstić information content (AvgIpc) is 2.16. The Kier molecular flexibility index (Phi) is 9.24. The van der Waals surface area contributed by atoms with E-state index in [2.05, 4.69) is 34.7 Å². The maximum atomic E-state index is 10.6. The highest BCUT2D eigenvalue weighted by Gasteiger charge is 1.95. The first kappa shape index (κ1) is 12.5. The van der Waals surface area contributed by atoms with E-state index in [1.165, 1.54) is 6.42 Å². The summed E-state index contributed by atoms with van der Waals surface area (Å²) in [7, 11) is 0. The Morgan fingerprint density at radius 1 is 1.38 bits per heavy atom. The molecule has 3 heteroatoms. The number of halogens is 1. The van der Waals surface area contributed by atoms with Gasteiger partial charge in [-0.3, -0.25) is 4.79 Å². The van der Waals surface area contributed by atoms with Gasteiger partial charge >= 0.3 is 5.97 Å². The summed E-state index contributed by atoms with van der Waals surface area (Å²) in [5.41, 5.74) is 0. The Morgan fingerprint density at radius 3 is 2.69 bits per heavy atom. The minimum absolute atomic E-state index is 0.227. The van der Waals surface area contributed by atoms with Crippen molar-refractivity contribution in [3.05, 3.63) is 0 Å². The van der Waals surface area contributed by atoms with Gasteiger partial charge in [-0.15, -0.1) is 5.92 Å². The first-order valence-electron chi connectivity index (χ1n) is 4.48. The van der Waals surface area contributed by atoms with Crippen LogP contribution >= 0.6 is 15.9 Å². The quantitative estimate of drug-likeness (QED) is 0.323. The van der Waals surface area contributed by atoms with E-state index in [4.69, 9.17) is 4.74 Å². The molecule has 0 fully saturated rings. The third-order valence-corrected chi connectivity index (χ3v) is 1.84. The lowest BCUT2D eigenvalue weighted by molar-refractivity contribution is -0.140. The molecule has 0 saturated carbocycles. The van der Waals surface area contributed by atoms with Gasteiger partial charge in [0.2, 0.25) is 0 Å². The largest absolute Gasteiger partial charge is 0.464 e. The van der Waals surface area contributed by atoms with Crippen LogP contribution in [0.15, 0.2) is 0 Å². The second-order valence-corrected chi connectivity index (χ2v) is 3.12. The predicted octanol–water partition coefficient (Wildman–Crippen LogP) is 2.51. The van der Waals surface area contributed by atoms with Gasteiger partial charge in [-0.25, -0.2) is 0 Å². The van der Waals surface area contributed by atoms with Crippen LogP contribution in [0.4, 0.5) is 0 Å². The van der Waals surface area contributed by atoms with E-state index in [-0.39, 0.29) is 11.3 Å². The van der Waals surface area contributed by atoms with Crippen LogP contribution in [0.1, 0.15) is 32.6 Å². The lowest BCUT2D eigenvalue weighted by Crippen LogP contribution is -2.05. The minimum Gasteiger partial charge on any atom is -0.464 e. The summed E-state index contributed by atoms with van der Waals surface area (Å²) >= 11 is 3.01. The number of ether oxygens (including phenoxy) is 1. The molecule has 0 aromatic rings. The van der Waals surface area contributed by atoms with Crippen molar-refractivity contribution in [3.63, 3.8) is 0 Å². The zero-order chi connectivity index (χ0) is 9.94. The van der Waals surface area contributed by atoms with Gasteiger partial charge in [-0.2, -0.15) is 0 Å². The first-order valence-corrected chi connectivity index (χ1v) is 5.60. The molecule has 0 saturated heterocycles. The Labute approximate surface area is 88.2 Å². The van der Waals surface area contributed by atoms with Gasteiger partial charge < -0.3 is 4.74 Å². The van der Waals surface area contributed by atoms with E-state index in [9.17, 15) is 4.79 Å². The number of carbonyl (C=O) groups is 1. The summed E-state index contributed by atoms with van der Waals surface area (Å²) in [6.45, 7) is 2.54. The number of hydrogen-bond donors (Lipinski definition) is 0. The van der Waals surface area contributed by atoms with Crippen LogP contribution in [0.5, 0.6) is 0 Å². The lowest BCUT2D eigenvalue weighted by Gasteiger charge is -1.96. The molecule has 2 nitrogen and oxygen atoms in total. The Balaban J connectivity index is 3.22. The van der Waals surface area contributed by atoms with Crippen LogP contribution < -0.4 is 0 Å². The van der Waals surface area contributed by atoms with Gasteiger partial charge in [0.25, 0.3) is 0 Å². The van der Waals surface area contributed by atoms with Crippen LogP contribution in [0.25, 0.3) is 0 Å². The zero-order valence-corrected chi connectivity index (χ0v) is 9.52. The van der Waals surface area contributed by atoms with Gasteiger partial charge in [-0.1, -0.05) is 35.2 Å². The van der Waals surface area contributed by atoms with E-state index >= 15 is 0 Å². The van der Waals surface area contributed by atoms with Crippen LogP contribution in [-0.4, -0.2) is 17.9 Å². The molecule has 0 aromatic carbocycles. The Bertz CT molecular complexity index is 191. The molecule has 0 atom stereocenters. The van der Waals surface area contributed by atoms with Gasteiger partial charge in [0.05, 0.1) is 0 Å². The highest BCUT2D eigenvalue weighted by molar-refractivity contribution is 9.09. The zero-order valence-electron chi connectivity index (χ0n) is 7.94. The monoisotopic (exact) mass is 246 g/mol. The molecule has 0 N–H and O–H groups in total. The summed E-state index contributed by atoms with van der Waals surface area (Å²) in [5, 5.41) is 0.260. The smallest absolute Gasteiger partial charge is 0.316 e. The second-order valence-electron chi connectivity index (χ2n) is 2.56. The lowest BCUT2D eigenvalue weighted by atomic mass is 10.2. The molecule has 0 aromatic heterocycles. The highest BCUT2D eigenvalue weighted by Crippen LogP contribution is 1.91. The number of carbonyl (C=O) groups excluding carboxylic acids is 1. The maximum Gasteiger partial charge on any atom is 0.316 e. The molecule has 0 heterocycles. The third kappa shape index (κ3) is 9.42. The van der Waals surface area contributed by atoms with Gasteiger partial charge in [0.15, 0.2) is 0 Å². The molecule has 0 aliphatic heterocycles. The van der Waals surface area contributed by atoms with Crippen molar-refractivity contribution >= 4 is 21.9 Å². The molecule has 0 amide bonds. The van der Waals surface area contributed by atoms with Crippen LogP contribution in [-0.2, 0) is 9.53 Å². The molecule has 13 heavy (non-hydrogen) atoms.